The lowest BCUT2D eigenvalue weighted by Crippen LogP contribution is -2.25. The average molecular weight is 182 g/mol. The van der Waals surface area contributed by atoms with E-state index in [0.29, 0.717) is 6.54 Å². The minimum atomic E-state index is -0.195. The summed E-state index contributed by atoms with van der Waals surface area (Å²) in [5, 5.41) is 3.18. The van der Waals surface area contributed by atoms with E-state index < -0.39 is 0 Å². The third-order valence-electron chi connectivity index (χ3n) is 1.94. The molecular weight excluding hydrogens is 167 g/mol. The first-order chi connectivity index (χ1) is 6.24. The van der Waals surface area contributed by atoms with Crippen molar-refractivity contribution < 1.29 is 4.39 Å². The van der Waals surface area contributed by atoms with E-state index >= 15 is 0 Å². The molecule has 1 aromatic rings. The fourth-order valence-electron chi connectivity index (χ4n) is 1.19. The van der Waals surface area contributed by atoms with E-state index in [0.717, 1.165) is 12.1 Å². The van der Waals surface area contributed by atoms with Crippen molar-refractivity contribution in [2.45, 2.75) is 13.0 Å². The van der Waals surface area contributed by atoms with E-state index in [-0.39, 0.29) is 11.9 Å². The summed E-state index contributed by atoms with van der Waals surface area (Å²) in [5.74, 6) is -0.195. The maximum atomic E-state index is 12.8. The van der Waals surface area contributed by atoms with E-state index in [1.54, 1.807) is 6.07 Å². The minimum absolute atomic E-state index is 0.152. The molecule has 0 saturated carbocycles. The molecule has 1 rings (SSSR count). The van der Waals surface area contributed by atoms with Crippen LogP contribution in [-0.2, 0) is 0 Å². The molecule has 0 spiro atoms. The van der Waals surface area contributed by atoms with Crippen molar-refractivity contribution in [2.75, 3.05) is 13.1 Å². The number of rotatable bonds is 4. The quantitative estimate of drug-likeness (QED) is 0.739. The molecule has 3 heteroatoms. The van der Waals surface area contributed by atoms with Gasteiger partial charge in [0.2, 0.25) is 0 Å². The zero-order chi connectivity index (χ0) is 9.68. The summed E-state index contributed by atoms with van der Waals surface area (Å²) in [6.07, 6.45) is 0. The highest BCUT2D eigenvalue weighted by atomic mass is 19.1. The highest BCUT2D eigenvalue weighted by Gasteiger charge is 2.03. The normalized spacial score (nSPS) is 12.8. The van der Waals surface area contributed by atoms with Gasteiger partial charge in [-0.2, -0.15) is 0 Å². The number of hydrogen-bond acceptors (Lipinski definition) is 2. The molecule has 1 atom stereocenters. The van der Waals surface area contributed by atoms with E-state index in [2.05, 4.69) is 5.32 Å². The van der Waals surface area contributed by atoms with Crippen molar-refractivity contribution in [2.24, 2.45) is 5.73 Å². The Bertz CT molecular complexity index is 263. The largest absolute Gasteiger partial charge is 0.329 e. The Hall–Kier alpha value is -0.930. The molecule has 0 aromatic heterocycles. The van der Waals surface area contributed by atoms with Gasteiger partial charge in [-0.3, -0.25) is 0 Å². The molecule has 0 radical (unpaired) electrons. The van der Waals surface area contributed by atoms with Crippen LogP contribution in [0.15, 0.2) is 24.3 Å². The monoisotopic (exact) mass is 182 g/mol. The average Bonchev–Trinajstić information content (AvgIpc) is 2.14. The van der Waals surface area contributed by atoms with Crippen molar-refractivity contribution in [1.82, 2.24) is 5.32 Å². The van der Waals surface area contributed by atoms with Crippen LogP contribution in [0.25, 0.3) is 0 Å². The predicted octanol–water partition coefficient (Wildman–Crippen LogP) is 1.43. The lowest BCUT2D eigenvalue weighted by atomic mass is 10.1. The van der Waals surface area contributed by atoms with Crippen molar-refractivity contribution >= 4 is 0 Å². The predicted molar refractivity (Wildman–Crippen MR) is 51.9 cm³/mol. The number of hydrogen-bond donors (Lipinski definition) is 2. The number of nitrogens with one attached hydrogen (secondary N) is 1. The molecule has 72 valence electrons. The number of nitrogens with two attached hydrogens (primary N) is 1. The molecule has 0 amide bonds. The van der Waals surface area contributed by atoms with Crippen LogP contribution in [0.1, 0.15) is 18.5 Å². The highest BCUT2D eigenvalue weighted by Crippen LogP contribution is 2.12. The molecule has 1 aromatic carbocycles. The third kappa shape index (κ3) is 3.13. The first-order valence-corrected chi connectivity index (χ1v) is 4.43. The van der Waals surface area contributed by atoms with Crippen LogP contribution in [0.4, 0.5) is 4.39 Å². The summed E-state index contributed by atoms with van der Waals surface area (Å²) < 4.78 is 12.8. The summed E-state index contributed by atoms with van der Waals surface area (Å²) in [7, 11) is 0. The van der Waals surface area contributed by atoms with Gasteiger partial charge in [-0.25, -0.2) is 4.39 Å². The Balaban J connectivity index is 2.60. The molecule has 0 aliphatic carbocycles. The van der Waals surface area contributed by atoms with Gasteiger partial charge < -0.3 is 11.1 Å². The molecule has 0 bridgehead atoms. The Morgan fingerprint density at radius 2 is 2.31 bits per heavy atom. The molecule has 3 N–H and O–H groups in total. The van der Waals surface area contributed by atoms with Crippen LogP contribution >= 0.6 is 0 Å². The second-order valence-electron chi connectivity index (χ2n) is 3.02. The molecule has 13 heavy (non-hydrogen) atoms. The summed E-state index contributed by atoms with van der Waals surface area (Å²) in [5.41, 5.74) is 6.30. The Labute approximate surface area is 77.9 Å². The van der Waals surface area contributed by atoms with Crippen molar-refractivity contribution in [3.8, 4) is 0 Å². The van der Waals surface area contributed by atoms with Crippen LogP contribution in [0, 0.1) is 5.82 Å². The zero-order valence-electron chi connectivity index (χ0n) is 7.76. The third-order valence-corrected chi connectivity index (χ3v) is 1.94. The second-order valence-corrected chi connectivity index (χ2v) is 3.02. The van der Waals surface area contributed by atoms with Crippen molar-refractivity contribution in [1.29, 1.82) is 0 Å². The molecule has 0 saturated heterocycles. The van der Waals surface area contributed by atoms with E-state index in [4.69, 9.17) is 5.73 Å². The lowest BCUT2D eigenvalue weighted by molar-refractivity contribution is 0.571. The Morgan fingerprint density at radius 3 is 2.92 bits per heavy atom. The van der Waals surface area contributed by atoms with Crippen LogP contribution in [0.3, 0.4) is 0 Å². The van der Waals surface area contributed by atoms with Gasteiger partial charge >= 0.3 is 0 Å². The number of benzene rings is 1. The van der Waals surface area contributed by atoms with Crippen molar-refractivity contribution in [3.63, 3.8) is 0 Å². The van der Waals surface area contributed by atoms with Crippen molar-refractivity contribution in [3.05, 3.63) is 35.6 Å². The molecule has 2 nitrogen and oxygen atoms in total. The fraction of sp³-hybridized carbons (Fsp3) is 0.400. The highest BCUT2D eigenvalue weighted by molar-refractivity contribution is 5.19. The molecule has 0 aliphatic heterocycles. The van der Waals surface area contributed by atoms with E-state index in [1.807, 2.05) is 13.0 Å². The molecule has 0 aliphatic rings. The van der Waals surface area contributed by atoms with Gasteiger partial charge in [0.05, 0.1) is 0 Å². The van der Waals surface area contributed by atoms with Crippen LogP contribution in [-0.4, -0.2) is 13.1 Å². The van der Waals surface area contributed by atoms with Crippen LogP contribution < -0.4 is 11.1 Å². The van der Waals surface area contributed by atoms with Gasteiger partial charge in [-0.15, -0.1) is 0 Å². The van der Waals surface area contributed by atoms with Gasteiger partial charge in [0.1, 0.15) is 5.82 Å². The van der Waals surface area contributed by atoms with Crippen LogP contribution in [0.5, 0.6) is 0 Å². The van der Waals surface area contributed by atoms with Crippen LogP contribution in [0.2, 0.25) is 0 Å². The summed E-state index contributed by atoms with van der Waals surface area (Å²) >= 11 is 0. The maximum absolute atomic E-state index is 12.8. The molecular formula is C10H15FN2. The maximum Gasteiger partial charge on any atom is 0.123 e. The lowest BCUT2D eigenvalue weighted by Gasteiger charge is -2.13. The van der Waals surface area contributed by atoms with Gasteiger partial charge in [-0.05, 0) is 24.6 Å². The van der Waals surface area contributed by atoms with Gasteiger partial charge in [0, 0.05) is 19.1 Å². The zero-order valence-corrected chi connectivity index (χ0v) is 7.76. The van der Waals surface area contributed by atoms with Gasteiger partial charge in [0.25, 0.3) is 0 Å². The van der Waals surface area contributed by atoms with Gasteiger partial charge in [-0.1, -0.05) is 12.1 Å². The fourth-order valence-corrected chi connectivity index (χ4v) is 1.19. The van der Waals surface area contributed by atoms with E-state index in [1.165, 1.54) is 12.1 Å². The molecule has 0 fully saturated rings. The molecule has 0 unspecified atom stereocenters. The number of halogens is 1. The summed E-state index contributed by atoms with van der Waals surface area (Å²) in [6, 6.07) is 6.75. The van der Waals surface area contributed by atoms with E-state index in [9.17, 15) is 4.39 Å². The Kier molecular flexibility index (Phi) is 3.86. The summed E-state index contributed by atoms with van der Waals surface area (Å²) in [6.45, 7) is 3.34. The first kappa shape index (κ1) is 10.2. The molecule has 0 heterocycles. The van der Waals surface area contributed by atoms with Gasteiger partial charge in [0.15, 0.2) is 0 Å². The Morgan fingerprint density at radius 1 is 1.54 bits per heavy atom. The second kappa shape index (κ2) is 4.94. The smallest absolute Gasteiger partial charge is 0.123 e. The summed E-state index contributed by atoms with van der Waals surface area (Å²) in [4.78, 5) is 0. The topological polar surface area (TPSA) is 38.0 Å². The standard InChI is InChI=1S/C10H15FN2/c1-8(13-6-5-12)9-3-2-4-10(11)7-9/h2-4,7-8,13H,5-6,12H2,1H3/t8-/m1/s1. The minimum Gasteiger partial charge on any atom is -0.329 e. The first-order valence-electron chi connectivity index (χ1n) is 4.43. The SMILES string of the molecule is C[C@@H](NCCN)c1cccc(F)c1.